The molecule has 1 aromatic rings. The zero-order valence-corrected chi connectivity index (χ0v) is 14.0. The molecule has 1 aliphatic carbocycles. The highest BCUT2D eigenvalue weighted by Crippen LogP contribution is 2.28. The Hall–Kier alpha value is -2.11. The zero-order valence-electron chi connectivity index (χ0n) is 14.0. The summed E-state index contributed by atoms with van der Waals surface area (Å²) in [5, 5.41) is 0. The molecule has 0 radical (unpaired) electrons. The van der Waals surface area contributed by atoms with Crippen molar-refractivity contribution >= 4 is 17.7 Å². The molecule has 1 aliphatic rings. The molecule has 0 saturated heterocycles. The molecule has 126 valence electrons. The van der Waals surface area contributed by atoms with Gasteiger partial charge in [-0.2, -0.15) is 0 Å². The van der Waals surface area contributed by atoms with E-state index >= 15 is 0 Å². The number of halogens is 1. The third-order valence-electron chi connectivity index (χ3n) is 3.51. The third-order valence-corrected chi connectivity index (χ3v) is 3.51. The number of rotatable bonds is 4. The van der Waals surface area contributed by atoms with Gasteiger partial charge in [0.05, 0.1) is 0 Å². The first-order valence-corrected chi connectivity index (χ1v) is 7.69. The van der Waals surface area contributed by atoms with Crippen molar-refractivity contribution in [2.24, 2.45) is 0 Å². The van der Waals surface area contributed by atoms with Crippen LogP contribution in [0.2, 0.25) is 0 Å². The monoisotopic (exact) mass is 322 g/mol. The van der Waals surface area contributed by atoms with Crippen LogP contribution >= 0.6 is 0 Å². The Bertz CT molecular complexity index is 576. The predicted octanol–water partition coefficient (Wildman–Crippen LogP) is 3.19. The highest BCUT2D eigenvalue weighted by molar-refractivity contribution is 5.95. The van der Waals surface area contributed by atoms with Gasteiger partial charge in [0, 0.05) is 18.8 Å². The van der Waals surface area contributed by atoms with Crippen LogP contribution in [-0.2, 0) is 9.53 Å². The van der Waals surface area contributed by atoms with Gasteiger partial charge in [0.1, 0.15) is 18.0 Å². The smallest absolute Gasteiger partial charge is 0.411 e. The fourth-order valence-electron chi connectivity index (χ4n) is 2.11. The fourth-order valence-corrected chi connectivity index (χ4v) is 2.11. The van der Waals surface area contributed by atoms with Crippen LogP contribution in [0.5, 0.6) is 0 Å². The molecule has 0 atom stereocenters. The van der Waals surface area contributed by atoms with Gasteiger partial charge < -0.3 is 9.64 Å². The Morgan fingerprint density at radius 2 is 1.78 bits per heavy atom. The lowest BCUT2D eigenvalue weighted by molar-refractivity contribution is -0.119. The van der Waals surface area contributed by atoms with Gasteiger partial charge in [-0.15, -0.1) is 0 Å². The average molecular weight is 322 g/mol. The lowest BCUT2D eigenvalue weighted by Crippen LogP contribution is -2.44. The first-order valence-electron chi connectivity index (χ1n) is 7.69. The minimum atomic E-state index is -0.601. The Morgan fingerprint density at radius 1 is 1.22 bits per heavy atom. The molecule has 0 bridgehead atoms. The molecule has 0 unspecified atom stereocenters. The van der Waals surface area contributed by atoms with E-state index in [1.807, 2.05) is 0 Å². The summed E-state index contributed by atoms with van der Waals surface area (Å²) in [7, 11) is 1.61. The van der Waals surface area contributed by atoms with Crippen LogP contribution < -0.4 is 4.90 Å². The second kappa shape index (κ2) is 6.56. The minimum Gasteiger partial charge on any atom is -0.444 e. The molecule has 23 heavy (non-hydrogen) atoms. The van der Waals surface area contributed by atoms with E-state index in [4.69, 9.17) is 4.74 Å². The number of amides is 2. The van der Waals surface area contributed by atoms with Crippen LogP contribution in [0.25, 0.3) is 0 Å². The molecule has 1 aromatic carbocycles. The first kappa shape index (κ1) is 17.2. The van der Waals surface area contributed by atoms with Gasteiger partial charge in [-0.1, -0.05) is 0 Å². The van der Waals surface area contributed by atoms with Crippen LogP contribution in [0, 0.1) is 5.82 Å². The fraction of sp³-hybridized carbons (Fsp3) is 0.529. The largest absolute Gasteiger partial charge is 0.444 e. The van der Waals surface area contributed by atoms with Gasteiger partial charge in [0.25, 0.3) is 0 Å². The summed E-state index contributed by atoms with van der Waals surface area (Å²) in [4.78, 5) is 27.6. The molecule has 2 amide bonds. The molecule has 0 heterocycles. The number of carbonyl (C=O) groups excluding carboxylic acids is 2. The molecule has 0 N–H and O–H groups in total. The molecule has 0 aromatic heterocycles. The van der Waals surface area contributed by atoms with E-state index in [0.717, 1.165) is 12.8 Å². The summed E-state index contributed by atoms with van der Waals surface area (Å²) in [5.41, 5.74) is -0.0211. The Morgan fingerprint density at radius 3 is 2.26 bits per heavy atom. The van der Waals surface area contributed by atoms with Gasteiger partial charge in [0.15, 0.2) is 0 Å². The molecule has 1 saturated carbocycles. The van der Waals surface area contributed by atoms with Crippen LogP contribution in [0.3, 0.4) is 0 Å². The number of hydrogen-bond donors (Lipinski definition) is 0. The summed E-state index contributed by atoms with van der Waals surface area (Å²) >= 11 is 0. The summed E-state index contributed by atoms with van der Waals surface area (Å²) < 4.78 is 18.3. The Kier molecular flexibility index (Phi) is 4.92. The van der Waals surface area contributed by atoms with Crippen LogP contribution in [0.15, 0.2) is 24.3 Å². The maximum Gasteiger partial charge on any atom is 0.411 e. The predicted molar refractivity (Wildman–Crippen MR) is 85.8 cm³/mol. The normalized spacial score (nSPS) is 14.3. The number of benzene rings is 1. The number of ether oxygens (including phenoxy) is 1. The van der Waals surface area contributed by atoms with E-state index in [-0.39, 0.29) is 24.3 Å². The van der Waals surface area contributed by atoms with Crippen LogP contribution in [-0.4, -0.2) is 42.1 Å². The van der Waals surface area contributed by atoms with Crippen LogP contribution in [0.4, 0.5) is 14.9 Å². The number of anilines is 1. The Balaban J connectivity index is 2.03. The second-order valence-electron chi connectivity index (χ2n) is 6.77. The standard InChI is InChI=1S/C17H23FN2O3/c1-17(2,3)23-16(22)20(14-9-10-14)11-15(21)19(4)13-7-5-12(18)6-8-13/h5-8,14H,9-11H2,1-4H3. The van der Waals surface area contributed by atoms with Crippen molar-refractivity contribution in [2.75, 3.05) is 18.5 Å². The summed E-state index contributed by atoms with van der Waals surface area (Å²) in [6.45, 7) is 5.33. The van der Waals surface area contributed by atoms with E-state index in [2.05, 4.69) is 0 Å². The molecule has 1 fully saturated rings. The number of carbonyl (C=O) groups is 2. The average Bonchev–Trinajstić information content (AvgIpc) is 3.27. The van der Waals surface area contributed by atoms with E-state index < -0.39 is 11.7 Å². The van der Waals surface area contributed by atoms with Crippen molar-refractivity contribution in [1.82, 2.24) is 4.90 Å². The lowest BCUT2D eigenvalue weighted by atomic mass is 10.2. The van der Waals surface area contributed by atoms with Crippen molar-refractivity contribution in [3.05, 3.63) is 30.1 Å². The van der Waals surface area contributed by atoms with Crippen molar-refractivity contribution in [1.29, 1.82) is 0 Å². The van der Waals surface area contributed by atoms with E-state index in [1.165, 1.54) is 34.1 Å². The zero-order chi connectivity index (χ0) is 17.2. The third kappa shape index (κ3) is 4.94. The maximum absolute atomic E-state index is 13.0. The van der Waals surface area contributed by atoms with Gasteiger partial charge in [0.2, 0.25) is 5.91 Å². The summed E-state index contributed by atoms with van der Waals surface area (Å²) in [6.07, 6.45) is 1.29. The van der Waals surface area contributed by atoms with Gasteiger partial charge in [-0.05, 0) is 57.9 Å². The quantitative estimate of drug-likeness (QED) is 0.855. The second-order valence-corrected chi connectivity index (χ2v) is 6.77. The maximum atomic E-state index is 13.0. The number of nitrogens with zero attached hydrogens (tertiary/aromatic N) is 2. The first-order chi connectivity index (χ1) is 10.7. The molecule has 0 aliphatic heterocycles. The molecule has 6 heteroatoms. The van der Waals surface area contributed by atoms with E-state index in [0.29, 0.717) is 5.69 Å². The molecule has 5 nitrogen and oxygen atoms in total. The summed E-state index contributed by atoms with van der Waals surface area (Å²) in [6, 6.07) is 5.72. The number of hydrogen-bond acceptors (Lipinski definition) is 3. The molecular weight excluding hydrogens is 299 g/mol. The molecular formula is C17H23FN2O3. The molecule has 0 spiro atoms. The van der Waals surface area contributed by atoms with Crippen molar-refractivity contribution in [2.45, 2.75) is 45.3 Å². The van der Waals surface area contributed by atoms with Crippen LogP contribution in [0.1, 0.15) is 33.6 Å². The lowest BCUT2D eigenvalue weighted by Gasteiger charge is -2.28. The van der Waals surface area contributed by atoms with E-state index in [1.54, 1.807) is 27.8 Å². The van der Waals surface area contributed by atoms with Crippen molar-refractivity contribution < 1.29 is 18.7 Å². The van der Waals surface area contributed by atoms with Gasteiger partial charge in [-0.25, -0.2) is 9.18 Å². The highest BCUT2D eigenvalue weighted by Gasteiger charge is 2.37. The minimum absolute atomic E-state index is 0.0482. The SMILES string of the molecule is CN(C(=O)CN(C(=O)OC(C)(C)C)C1CC1)c1ccc(F)cc1. The van der Waals surface area contributed by atoms with Gasteiger partial charge >= 0.3 is 6.09 Å². The molecule has 2 rings (SSSR count). The Labute approximate surface area is 136 Å². The van der Waals surface area contributed by atoms with E-state index in [9.17, 15) is 14.0 Å². The summed E-state index contributed by atoms with van der Waals surface area (Å²) in [5.74, 6) is -0.600. The highest BCUT2D eigenvalue weighted by atomic mass is 19.1. The van der Waals surface area contributed by atoms with Crippen molar-refractivity contribution in [3.8, 4) is 0 Å². The topological polar surface area (TPSA) is 49.9 Å². The number of likely N-dealkylation sites (N-methyl/N-ethyl adjacent to an activating group) is 1. The van der Waals surface area contributed by atoms with Crippen molar-refractivity contribution in [3.63, 3.8) is 0 Å². The van der Waals surface area contributed by atoms with Gasteiger partial charge in [-0.3, -0.25) is 9.69 Å².